The minimum atomic E-state index is 0.376. The molecule has 0 aromatic heterocycles. The Hall–Kier alpha value is -1.21. The number of nitrogens with zero attached hydrogens (tertiary/aromatic N) is 1. The van der Waals surface area contributed by atoms with Crippen LogP contribution < -0.4 is 10.4 Å². The molecule has 2 rings (SSSR count). The Labute approximate surface area is 110 Å². The van der Waals surface area contributed by atoms with Crippen molar-refractivity contribution in [2.45, 2.75) is 39.8 Å². The molecule has 0 spiro atoms. The van der Waals surface area contributed by atoms with Crippen LogP contribution in [0.5, 0.6) is 0 Å². The van der Waals surface area contributed by atoms with Crippen molar-refractivity contribution in [2.24, 2.45) is 0 Å². The van der Waals surface area contributed by atoms with Gasteiger partial charge in [0.05, 0.1) is 6.26 Å². The fourth-order valence-corrected chi connectivity index (χ4v) is 2.69. The highest BCUT2D eigenvalue weighted by atomic mass is 31.1. The van der Waals surface area contributed by atoms with Crippen molar-refractivity contribution in [1.29, 1.82) is 0 Å². The standard InChI is InChI=1S/C14H19NO2P/c1-10(2)15(11(3)4)14-13-8-6-5-7-12(13)9-16-18-17-14/h5-11H,1-4H3. The maximum absolute atomic E-state index is 5.78. The normalized spacial score (nSPS) is 15.8. The van der Waals surface area contributed by atoms with E-state index in [1.54, 1.807) is 6.26 Å². The highest BCUT2D eigenvalue weighted by Gasteiger charge is 2.21. The predicted molar refractivity (Wildman–Crippen MR) is 74.8 cm³/mol. The summed E-state index contributed by atoms with van der Waals surface area (Å²) >= 11 is 0. The SMILES string of the molecule is CC(C)N(C1=c2ccccc2=CO[P]O1)C(C)C. The topological polar surface area (TPSA) is 21.7 Å². The minimum Gasteiger partial charge on any atom is -0.438 e. The molecule has 1 heterocycles. The fraction of sp³-hybridized carbons (Fsp3) is 0.429. The molecular formula is C14H19NO2P. The lowest BCUT2D eigenvalue weighted by Gasteiger charge is -2.33. The Balaban J connectivity index is 2.65. The molecule has 0 N–H and O–H groups in total. The molecule has 0 saturated carbocycles. The molecule has 0 fully saturated rings. The van der Waals surface area contributed by atoms with E-state index >= 15 is 0 Å². The third-order valence-corrected chi connectivity index (χ3v) is 3.32. The summed E-state index contributed by atoms with van der Waals surface area (Å²) in [6.45, 7) is 8.69. The van der Waals surface area contributed by atoms with Crippen molar-refractivity contribution >= 4 is 21.2 Å². The van der Waals surface area contributed by atoms with E-state index in [0.29, 0.717) is 21.1 Å². The van der Waals surface area contributed by atoms with Crippen LogP contribution in [-0.2, 0) is 9.05 Å². The van der Waals surface area contributed by atoms with Gasteiger partial charge in [0.25, 0.3) is 0 Å². The first-order chi connectivity index (χ1) is 8.61. The summed E-state index contributed by atoms with van der Waals surface area (Å²) < 4.78 is 11.1. The van der Waals surface area contributed by atoms with E-state index in [9.17, 15) is 0 Å². The van der Waals surface area contributed by atoms with E-state index in [4.69, 9.17) is 9.05 Å². The lowest BCUT2D eigenvalue weighted by Crippen LogP contribution is -2.41. The zero-order valence-electron chi connectivity index (χ0n) is 11.3. The molecule has 0 aliphatic carbocycles. The molecule has 0 bridgehead atoms. The molecule has 1 aromatic carbocycles. The van der Waals surface area contributed by atoms with Gasteiger partial charge in [-0.25, -0.2) is 0 Å². The quantitative estimate of drug-likeness (QED) is 0.783. The van der Waals surface area contributed by atoms with Gasteiger partial charge >= 0.3 is 9.03 Å². The molecule has 1 aliphatic heterocycles. The van der Waals surface area contributed by atoms with E-state index in [1.807, 2.05) is 18.2 Å². The zero-order chi connectivity index (χ0) is 13.1. The van der Waals surface area contributed by atoms with E-state index < -0.39 is 0 Å². The van der Waals surface area contributed by atoms with Crippen LogP contribution in [0, 0.1) is 0 Å². The van der Waals surface area contributed by atoms with E-state index in [1.165, 1.54) is 0 Å². The summed E-state index contributed by atoms with van der Waals surface area (Å²) in [6.07, 6.45) is 1.75. The fourth-order valence-electron chi connectivity index (χ4n) is 2.23. The van der Waals surface area contributed by atoms with Crippen molar-refractivity contribution in [3.8, 4) is 0 Å². The summed E-state index contributed by atoms with van der Waals surface area (Å²) in [5.74, 6) is 0.894. The Kier molecular flexibility index (Phi) is 4.13. The summed E-state index contributed by atoms with van der Waals surface area (Å²) in [6, 6.07) is 8.90. The Morgan fingerprint density at radius 3 is 2.39 bits per heavy atom. The van der Waals surface area contributed by atoms with Gasteiger partial charge in [0.1, 0.15) is 0 Å². The molecule has 18 heavy (non-hydrogen) atoms. The first-order valence-corrected chi connectivity index (χ1v) is 6.95. The van der Waals surface area contributed by atoms with Crippen LogP contribution in [0.2, 0.25) is 0 Å². The molecule has 0 saturated heterocycles. The van der Waals surface area contributed by atoms with Crippen LogP contribution in [0.15, 0.2) is 24.3 Å². The van der Waals surface area contributed by atoms with Gasteiger partial charge in [-0.2, -0.15) is 0 Å². The molecule has 1 aliphatic rings. The number of hydrogen-bond acceptors (Lipinski definition) is 3. The van der Waals surface area contributed by atoms with E-state index in [2.05, 4.69) is 38.7 Å². The zero-order valence-corrected chi connectivity index (χ0v) is 12.1. The maximum Gasteiger partial charge on any atom is 0.405 e. The smallest absolute Gasteiger partial charge is 0.405 e. The molecule has 1 radical (unpaired) electrons. The molecule has 1 aromatic rings. The summed E-state index contributed by atoms with van der Waals surface area (Å²) in [7, 11) is 0.512. The van der Waals surface area contributed by atoms with E-state index in [-0.39, 0.29) is 0 Å². The van der Waals surface area contributed by atoms with Crippen LogP contribution in [0.4, 0.5) is 0 Å². The highest BCUT2D eigenvalue weighted by molar-refractivity contribution is 7.26. The van der Waals surface area contributed by atoms with Crippen molar-refractivity contribution in [3.63, 3.8) is 0 Å². The molecule has 4 heteroatoms. The third kappa shape index (κ3) is 2.62. The Bertz CT molecular complexity index is 517. The van der Waals surface area contributed by atoms with Crippen LogP contribution in [0.3, 0.4) is 0 Å². The first kappa shape index (κ1) is 13.2. The van der Waals surface area contributed by atoms with Crippen LogP contribution in [0.25, 0.3) is 12.1 Å². The third-order valence-electron chi connectivity index (χ3n) is 2.88. The van der Waals surface area contributed by atoms with Gasteiger partial charge in [-0.1, -0.05) is 18.2 Å². The van der Waals surface area contributed by atoms with E-state index in [0.717, 1.165) is 16.3 Å². The van der Waals surface area contributed by atoms with Crippen LogP contribution in [0.1, 0.15) is 27.7 Å². The average molecular weight is 264 g/mol. The van der Waals surface area contributed by atoms with Crippen LogP contribution in [-0.4, -0.2) is 17.0 Å². The van der Waals surface area contributed by atoms with Crippen molar-refractivity contribution < 1.29 is 9.05 Å². The van der Waals surface area contributed by atoms with Gasteiger partial charge < -0.3 is 13.9 Å². The van der Waals surface area contributed by atoms with Gasteiger partial charge in [0, 0.05) is 22.5 Å². The largest absolute Gasteiger partial charge is 0.438 e. The summed E-state index contributed by atoms with van der Waals surface area (Å²) in [5, 5.41) is 2.15. The Morgan fingerprint density at radius 2 is 1.72 bits per heavy atom. The Morgan fingerprint density at radius 1 is 1.06 bits per heavy atom. The molecule has 97 valence electrons. The highest BCUT2D eigenvalue weighted by Crippen LogP contribution is 2.26. The van der Waals surface area contributed by atoms with Crippen molar-refractivity contribution in [3.05, 3.63) is 34.7 Å². The predicted octanol–water partition coefficient (Wildman–Crippen LogP) is 2.43. The second kappa shape index (κ2) is 5.62. The second-order valence-electron chi connectivity index (χ2n) is 4.88. The monoisotopic (exact) mass is 264 g/mol. The van der Waals surface area contributed by atoms with Gasteiger partial charge in [0.2, 0.25) is 5.88 Å². The lowest BCUT2D eigenvalue weighted by molar-refractivity contribution is 0.213. The molecule has 0 unspecified atom stereocenters. The lowest BCUT2D eigenvalue weighted by atomic mass is 10.2. The molecule has 0 atom stereocenters. The minimum absolute atomic E-state index is 0.376. The van der Waals surface area contributed by atoms with Gasteiger partial charge in [0.15, 0.2) is 0 Å². The van der Waals surface area contributed by atoms with Gasteiger partial charge in [-0.15, -0.1) is 0 Å². The van der Waals surface area contributed by atoms with Crippen LogP contribution >= 0.6 is 9.03 Å². The summed E-state index contributed by atoms with van der Waals surface area (Å²) in [4.78, 5) is 2.27. The number of benzene rings is 1. The number of fused-ring (bicyclic) bond motifs is 1. The van der Waals surface area contributed by atoms with Gasteiger partial charge in [-0.05, 0) is 33.8 Å². The molecule has 3 nitrogen and oxygen atoms in total. The number of rotatable bonds is 3. The maximum atomic E-state index is 5.78. The molecule has 0 amide bonds. The van der Waals surface area contributed by atoms with Crippen molar-refractivity contribution in [2.75, 3.05) is 0 Å². The average Bonchev–Trinajstić information content (AvgIpc) is 2.52. The first-order valence-electron chi connectivity index (χ1n) is 6.22. The summed E-state index contributed by atoms with van der Waals surface area (Å²) in [5.41, 5.74) is 0. The van der Waals surface area contributed by atoms with Gasteiger partial charge in [-0.3, -0.25) is 0 Å². The van der Waals surface area contributed by atoms with Crippen molar-refractivity contribution in [1.82, 2.24) is 4.90 Å². The second-order valence-corrected chi connectivity index (χ2v) is 5.42. The number of hydrogen-bond donors (Lipinski definition) is 0. The molecular weight excluding hydrogens is 245 g/mol.